The first kappa shape index (κ1) is 20.7. The van der Waals surface area contributed by atoms with Crippen LogP contribution >= 0.6 is 0 Å². The summed E-state index contributed by atoms with van der Waals surface area (Å²) in [7, 11) is 0. The molecule has 4 heteroatoms. The number of allylic oxidation sites excluding steroid dienone is 1. The van der Waals surface area contributed by atoms with Gasteiger partial charge in [-0.1, -0.05) is 39.2 Å². The molecule has 0 saturated heterocycles. The summed E-state index contributed by atoms with van der Waals surface area (Å²) in [6.07, 6.45) is 9.21. The molecule has 0 aliphatic carbocycles. The van der Waals surface area contributed by atoms with E-state index < -0.39 is 0 Å². The van der Waals surface area contributed by atoms with Crippen LogP contribution < -0.4 is 0 Å². The first-order valence-corrected chi connectivity index (χ1v) is 8.56. The van der Waals surface area contributed by atoms with Crippen LogP contribution in [0.4, 0.5) is 0 Å². The van der Waals surface area contributed by atoms with Crippen LogP contribution in [0.15, 0.2) is 12.7 Å². The lowest BCUT2D eigenvalue weighted by Gasteiger charge is -2.14. The van der Waals surface area contributed by atoms with Gasteiger partial charge in [0.2, 0.25) is 0 Å². The molecule has 0 aromatic heterocycles. The maximum Gasteiger partial charge on any atom is 0.306 e. The molecule has 0 saturated carbocycles. The molecule has 0 amide bonds. The molecule has 0 bridgehead atoms. The van der Waals surface area contributed by atoms with E-state index >= 15 is 0 Å². The lowest BCUT2D eigenvalue weighted by molar-refractivity contribution is -0.151. The number of hydrogen-bond acceptors (Lipinski definition) is 4. The van der Waals surface area contributed by atoms with Crippen molar-refractivity contribution < 1.29 is 19.1 Å². The van der Waals surface area contributed by atoms with Gasteiger partial charge in [-0.05, 0) is 31.6 Å². The predicted octanol–water partition coefficient (Wildman–Crippen LogP) is 4.43. The van der Waals surface area contributed by atoms with Crippen molar-refractivity contribution in [3.05, 3.63) is 12.7 Å². The average molecular weight is 312 g/mol. The molecule has 0 radical (unpaired) electrons. The number of rotatable bonds is 14. The summed E-state index contributed by atoms with van der Waals surface area (Å²) < 4.78 is 10.3. The SMILES string of the molecule is C=CCCCCOC(=O)CCC(=O)OCC(CC)CCCC. The average Bonchev–Trinajstić information content (AvgIpc) is 2.53. The maximum absolute atomic E-state index is 11.6. The number of carbonyl (C=O) groups is 2. The largest absolute Gasteiger partial charge is 0.466 e. The standard InChI is InChI=1S/C18H32O4/c1-4-7-9-10-14-21-17(19)12-13-18(20)22-15-16(6-3)11-8-5-2/h4,16H,1,5-15H2,2-3H3. The lowest BCUT2D eigenvalue weighted by atomic mass is 10.0. The molecule has 0 rings (SSSR count). The van der Waals surface area contributed by atoms with E-state index in [0.29, 0.717) is 19.1 Å². The highest BCUT2D eigenvalue weighted by molar-refractivity contribution is 5.77. The fourth-order valence-electron chi connectivity index (χ4n) is 2.03. The van der Waals surface area contributed by atoms with Gasteiger partial charge in [-0.25, -0.2) is 0 Å². The van der Waals surface area contributed by atoms with Crippen LogP contribution in [0.25, 0.3) is 0 Å². The molecule has 0 fully saturated rings. The smallest absolute Gasteiger partial charge is 0.306 e. The Balaban J connectivity index is 3.65. The Morgan fingerprint density at radius 1 is 1.05 bits per heavy atom. The lowest BCUT2D eigenvalue weighted by Crippen LogP contribution is -2.15. The predicted molar refractivity (Wildman–Crippen MR) is 88.5 cm³/mol. The van der Waals surface area contributed by atoms with Crippen LogP contribution in [-0.4, -0.2) is 25.2 Å². The van der Waals surface area contributed by atoms with Crippen molar-refractivity contribution >= 4 is 11.9 Å². The van der Waals surface area contributed by atoms with Crippen molar-refractivity contribution in [2.45, 2.75) is 71.6 Å². The Bertz CT molecular complexity index is 312. The molecule has 0 spiro atoms. The van der Waals surface area contributed by atoms with Gasteiger partial charge < -0.3 is 9.47 Å². The van der Waals surface area contributed by atoms with Crippen molar-refractivity contribution in [1.82, 2.24) is 0 Å². The van der Waals surface area contributed by atoms with E-state index in [-0.39, 0.29) is 24.8 Å². The van der Waals surface area contributed by atoms with Gasteiger partial charge in [0.25, 0.3) is 0 Å². The van der Waals surface area contributed by atoms with Crippen LogP contribution in [0, 0.1) is 5.92 Å². The number of ether oxygens (including phenoxy) is 2. The number of unbranched alkanes of at least 4 members (excludes halogenated alkanes) is 3. The minimum absolute atomic E-state index is 0.103. The Hall–Kier alpha value is -1.32. The molecule has 1 atom stereocenters. The van der Waals surface area contributed by atoms with Crippen LogP contribution in [-0.2, 0) is 19.1 Å². The van der Waals surface area contributed by atoms with E-state index in [0.717, 1.165) is 44.9 Å². The molecule has 0 heterocycles. The first-order valence-electron chi connectivity index (χ1n) is 8.56. The van der Waals surface area contributed by atoms with Gasteiger partial charge in [-0.2, -0.15) is 0 Å². The molecule has 4 nitrogen and oxygen atoms in total. The fourth-order valence-corrected chi connectivity index (χ4v) is 2.03. The van der Waals surface area contributed by atoms with E-state index in [1.54, 1.807) is 0 Å². The van der Waals surface area contributed by atoms with Gasteiger partial charge in [0.05, 0.1) is 26.1 Å². The summed E-state index contributed by atoms with van der Waals surface area (Å²) in [6.45, 7) is 8.78. The minimum atomic E-state index is -0.325. The summed E-state index contributed by atoms with van der Waals surface area (Å²) >= 11 is 0. The zero-order chi connectivity index (χ0) is 16.6. The number of carbonyl (C=O) groups excluding carboxylic acids is 2. The molecule has 0 aliphatic heterocycles. The van der Waals surface area contributed by atoms with Gasteiger partial charge in [-0.15, -0.1) is 6.58 Å². The summed E-state index contributed by atoms with van der Waals surface area (Å²) in [5, 5.41) is 0. The van der Waals surface area contributed by atoms with Crippen LogP contribution in [0.3, 0.4) is 0 Å². The summed E-state index contributed by atoms with van der Waals surface area (Å²) in [5.74, 6) is -0.201. The Kier molecular flexibility index (Phi) is 13.7. The van der Waals surface area contributed by atoms with Crippen LogP contribution in [0.1, 0.15) is 71.6 Å². The molecule has 1 unspecified atom stereocenters. The first-order chi connectivity index (χ1) is 10.6. The second-order valence-electron chi connectivity index (χ2n) is 5.60. The zero-order valence-electron chi connectivity index (χ0n) is 14.3. The van der Waals surface area contributed by atoms with E-state index in [2.05, 4.69) is 20.4 Å². The van der Waals surface area contributed by atoms with Crippen molar-refractivity contribution in [1.29, 1.82) is 0 Å². The Morgan fingerprint density at radius 3 is 2.32 bits per heavy atom. The molecule has 0 aromatic rings. The van der Waals surface area contributed by atoms with E-state index in [4.69, 9.17) is 9.47 Å². The second kappa shape index (κ2) is 14.6. The fraction of sp³-hybridized carbons (Fsp3) is 0.778. The molecular weight excluding hydrogens is 280 g/mol. The number of hydrogen-bond donors (Lipinski definition) is 0. The third-order valence-corrected chi connectivity index (χ3v) is 3.62. The molecule has 0 N–H and O–H groups in total. The molecule has 0 aliphatic rings. The van der Waals surface area contributed by atoms with E-state index in [1.165, 1.54) is 0 Å². The summed E-state index contributed by atoms with van der Waals surface area (Å²) in [6, 6.07) is 0. The van der Waals surface area contributed by atoms with Crippen molar-refractivity contribution in [3.8, 4) is 0 Å². The second-order valence-corrected chi connectivity index (χ2v) is 5.60. The van der Waals surface area contributed by atoms with E-state index in [1.807, 2.05) is 6.08 Å². The molecule has 128 valence electrons. The van der Waals surface area contributed by atoms with E-state index in [9.17, 15) is 9.59 Å². The third-order valence-electron chi connectivity index (χ3n) is 3.62. The normalized spacial score (nSPS) is 11.7. The monoisotopic (exact) mass is 312 g/mol. The highest BCUT2D eigenvalue weighted by atomic mass is 16.5. The molecule has 22 heavy (non-hydrogen) atoms. The van der Waals surface area contributed by atoms with Gasteiger partial charge in [-0.3, -0.25) is 9.59 Å². The summed E-state index contributed by atoms with van der Waals surface area (Å²) in [5.41, 5.74) is 0. The quantitative estimate of drug-likeness (QED) is 0.270. The molecule has 0 aromatic carbocycles. The Morgan fingerprint density at radius 2 is 1.73 bits per heavy atom. The third kappa shape index (κ3) is 12.4. The highest BCUT2D eigenvalue weighted by Crippen LogP contribution is 2.13. The zero-order valence-corrected chi connectivity index (χ0v) is 14.3. The van der Waals surface area contributed by atoms with Crippen molar-refractivity contribution in [2.24, 2.45) is 5.92 Å². The molecular formula is C18H32O4. The summed E-state index contributed by atoms with van der Waals surface area (Å²) in [4.78, 5) is 23.1. The van der Waals surface area contributed by atoms with Crippen LogP contribution in [0.5, 0.6) is 0 Å². The van der Waals surface area contributed by atoms with Crippen LogP contribution in [0.2, 0.25) is 0 Å². The Labute approximate surface area is 135 Å². The van der Waals surface area contributed by atoms with Gasteiger partial charge in [0.1, 0.15) is 0 Å². The maximum atomic E-state index is 11.6. The van der Waals surface area contributed by atoms with Gasteiger partial charge in [0.15, 0.2) is 0 Å². The highest BCUT2D eigenvalue weighted by Gasteiger charge is 2.12. The number of esters is 2. The topological polar surface area (TPSA) is 52.6 Å². The van der Waals surface area contributed by atoms with Crippen molar-refractivity contribution in [2.75, 3.05) is 13.2 Å². The van der Waals surface area contributed by atoms with Gasteiger partial charge >= 0.3 is 11.9 Å². The van der Waals surface area contributed by atoms with Crippen molar-refractivity contribution in [3.63, 3.8) is 0 Å². The minimum Gasteiger partial charge on any atom is -0.466 e. The van der Waals surface area contributed by atoms with Gasteiger partial charge in [0, 0.05) is 0 Å².